The molecule has 1 amide bonds. The van der Waals surface area contributed by atoms with E-state index in [0.29, 0.717) is 23.0 Å². The number of aryl methyl sites for hydroxylation is 1. The molecular weight excluding hydrogens is 380 g/mol. The van der Waals surface area contributed by atoms with Gasteiger partial charge in [0.05, 0.1) is 27.8 Å². The first kappa shape index (κ1) is 18.1. The summed E-state index contributed by atoms with van der Waals surface area (Å²) < 4.78 is 13.6. The molecule has 0 fully saturated rings. The topological polar surface area (TPSA) is 107 Å². The van der Waals surface area contributed by atoms with E-state index in [4.69, 9.17) is 0 Å². The molecule has 8 nitrogen and oxygen atoms in total. The summed E-state index contributed by atoms with van der Waals surface area (Å²) in [4.78, 5) is 23.0. The molecule has 1 aliphatic heterocycles. The normalized spacial score (nSPS) is 15.2. The minimum Gasteiger partial charge on any atom is -0.306 e. The summed E-state index contributed by atoms with van der Waals surface area (Å²) >= 11 is 0. The Bertz CT molecular complexity index is 1100. The molecule has 2 aromatic carbocycles. The van der Waals surface area contributed by atoms with Gasteiger partial charge in [0.25, 0.3) is 11.6 Å². The van der Waals surface area contributed by atoms with Gasteiger partial charge in [0.2, 0.25) is 0 Å². The van der Waals surface area contributed by atoms with Crippen LogP contribution in [0.3, 0.4) is 0 Å². The molecular formula is C19H16N4O4S. The zero-order chi connectivity index (χ0) is 19.8. The van der Waals surface area contributed by atoms with Crippen LogP contribution < -0.4 is 5.32 Å². The summed E-state index contributed by atoms with van der Waals surface area (Å²) in [6.07, 6.45) is 0. The highest BCUT2D eigenvalue weighted by Crippen LogP contribution is 2.31. The summed E-state index contributed by atoms with van der Waals surface area (Å²) in [7, 11) is -1.04. The number of carbonyl (C=O) groups excluding carboxylic acids is 1. The average molecular weight is 396 g/mol. The highest BCUT2D eigenvalue weighted by Gasteiger charge is 2.28. The Labute approximate surface area is 162 Å². The molecule has 1 aromatic heterocycles. The fourth-order valence-corrected chi connectivity index (χ4v) is 4.31. The minimum absolute atomic E-state index is 0.0856. The van der Waals surface area contributed by atoms with Crippen molar-refractivity contribution in [3.8, 4) is 5.69 Å². The van der Waals surface area contributed by atoms with E-state index in [-0.39, 0.29) is 11.3 Å². The summed E-state index contributed by atoms with van der Waals surface area (Å²) in [5.41, 5.74) is 3.55. The van der Waals surface area contributed by atoms with E-state index in [1.807, 2.05) is 31.2 Å². The third-order valence-corrected chi connectivity index (χ3v) is 5.73. The van der Waals surface area contributed by atoms with Crippen LogP contribution in [0.2, 0.25) is 0 Å². The first-order chi connectivity index (χ1) is 13.4. The molecule has 0 unspecified atom stereocenters. The lowest BCUT2D eigenvalue weighted by molar-refractivity contribution is -0.384. The number of amides is 1. The van der Waals surface area contributed by atoms with Gasteiger partial charge in [-0.1, -0.05) is 17.7 Å². The van der Waals surface area contributed by atoms with Gasteiger partial charge in [0.15, 0.2) is 0 Å². The van der Waals surface area contributed by atoms with E-state index in [1.165, 1.54) is 24.3 Å². The number of carbonyl (C=O) groups is 1. The number of nitrogens with zero attached hydrogens (tertiary/aromatic N) is 3. The predicted octanol–water partition coefficient (Wildman–Crippen LogP) is 3.10. The van der Waals surface area contributed by atoms with E-state index >= 15 is 0 Å². The Morgan fingerprint density at radius 2 is 1.82 bits per heavy atom. The van der Waals surface area contributed by atoms with Gasteiger partial charge in [0.1, 0.15) is 5.82 Å². The third-order valence-electron chi connectivity index (χ3n) is 4.52. The zero-order valence-corrected chi connectivity index (χ0v) is 15.7. The number of non-ortho nitro benzene ring substituents is 1. The lowest BCUT2D eigenvalue weighted by Crippen LogP contribution is -2.16. The summed E-state index contributed by atoms with van der Waals surface area (Å²) in [6, 6.07) is 13.1. The van der Waals surface area contributed by atoms with Crippen molar-refractivity contribution in [2.75, 3.05) is 5.32 Å². The molecule has 142 valence electrons. The maximum Gasteiger partial charge on any atom is 0.269 e. The fourth-order valence-electron chi connectivity index (χ4n) is 3.04. The van der Waals surface area contributed by atoms with Gasteiger partial charge in [-0.05, 0) is 31.2 Å². The van der Waals surface area contributed by atoms with Crippen molar-refractivity contribution in [2.24, 2.45) is 0 Å². The van der Waals surface area contributed by atoms with Crippen molar-refractivity contribution in [1.29, 1.82) is 0 Å². The van der Waals surface area contributed by atoms with E-state index in [0.717, 1.165) is 16.8 Å². The van der Waals surface area contributed by atoms with Crippen molar-refractivity contribution in [3.63, 3.8) is 0 Å². The van der Waals surface area contributed by atoms with Crippen LogP contribution in [0.25, 0.3) is 5.69 Å². The van der Waals surface area contributed by atoms with Crippen molar-refractivity contribution in [3.05, 3.63) is 81.0 Å². The number of hydrogen-bond donors (Lipinski definition) is 1. The summed E-state index contributed by atoms with van der Waals surface area (Å²) in [5.74, 6) is 0.753. The van der Waals surface area contributed by atoms with Gasteiger partial charge < -0.3 is 5.32 Å². The number of benzene rings is 2. The highest BCUT2D eigenvalue weighted by atomic mass is 32.2. The molecule has 0 saturated heterocycles. The largest absolute Gasteiger partial charge is 0.306 e. The van der Waals surface area contributed by atoms with Gasteiger partial charge >= 0.3 is 0 Å². The molecule has 3 aromatic rings. The number of fused-ring (bicyclic) bond motifs is 1. The quantitative estimate of drug-likeness (QED) is 0.539. The Morgan fingerprint density at radius 3 is 2.46 bits per heavy atom. The number of nitro groups is 1. The average Bonchev–Trinajstić information content (AvgIpc) is 3.19. The molecule has 0 bridgehead atoms. The standard InChI is InChI=1S/C19H16N4O4S/c1-12-2-6-14(7-3-12)22-18(16-10-28(27)11-17(16)21-22)20-19(24)13-4-8-15(9-5-13)23(25)26/h2-9H,10-11H2,1H3,(H,20,24)/t28-/m1/s1. The van der Waals surface area contributed by atoms with Gasteiger partial charge in [-0.3, -0.25) is 19.1 Å². The van der Waals surface area contributed by atoms with Crippen LogP contribution >= 0.6 is 0 Å². The van der Waals surface area contributed by atoms with Crippen molar-refractivity contribution in [1.82, 2.24) is 9.78 Å². The molecule has 4 rings (SSSR count). The number of aromatic nitrogens is 2. The molecule has 9 heteroatoms. The van der Waals surface area contributed by atoms with Crippen LogP contribution in [0.1, 0.15) is 27.2 Å². The second-order valence-electron chi connectivity index (χ2n) is 6.51. The molecule has 1 N–H and O–H groups in total. The Hall–Kier alpha value is -3.33. The SMILES string of the molecule is Cc1ccc(-n2nc3c(c2NC(=O)c2ccc([N+](=O)[O-])cc2)C[S@@](=O)C3)cc1. The smallest absolute Gasteiger partial charge is 0.269 e. The van der Waals surface area contributed by atoms with E-state index in [1.54, 1.807) is 4.68 Å². The summed E-state index contributed by atoms with van der Waals surface area (Å²) in [5, 5.41) is 18.2. The number of nitro benzene ring substituents is 1. The van der Waals surface area contributed by atoms with Crippen LogP contribution in [0, 0.1) is 17.0 Å². The first-order valence-corrected chi connectivity index (χ1v) is 10.00. The van der Waals surface area contributed by atoms with Crippen molar-refractivity contribution in [2.45, 2.75) is 18.4 Å². The maximum absolute atomic E-state index is 12.7. The molecule has 0 spiro atoms. The molecule has 0 saturated carbocycles. The Balaban J connectivity index is 1.70. The van der Waals surface area contributed by atoms with E-state index in [9.17, 15) is 19.1 Å². The van der Waals surface area contributed by atoms with Crippen LogP contribution in [0.15, 0.2) is 48.5 Å². The predicted molar refractivity (Wildman–Crippen MR) is 105 cm³/mol. The molecule has 2 heterocycles. The van der Waals surface area contributed by atoms with Crippen molar-refractivity contribution >= 4 is 28.2 Å². The number of anilines is 1. The maximum atomic E-state index is 12.7. The number of hydrogen-bond acceptors (Lipinski definition) is 5. The molecule has 0 aliphatic carbocycles. The number of rotatable bonds is 4. The van der Waals surface area contributed by atoms with Crippen LogP contribution in [-0.2, 0) is 22.3 Å². The molecule has 1 atom stereocenters. The molecule has 28 heavy (non-hydrogen) atoms. The van der Waals surface area contributed by atoms with Gasteiger partial charge in [-0.15, -0.1) is 0 Å². The van der Waals surface area contributed by atoms with Gasteiger partial charge in [-0.25, -0.2) is 4.68 Å². The molecule has 1 aliphatic rings. The van der Waals surface area contributed by atoms with Crippen LogP contribution in [-0.4, -0.2) is 24.8 Å². The third kappa shape index (κ3) is 3.31. The minimum atomic E-state index is -1.04. The van der Waals surface area contributed by atoms with E-state index < -0.39 is 21.6 Å². The zero-order valence-electron chi connectivity index (χ0n) is 14.9. The van der Waals surface area contributed by atoms with Gasteiger partial charge in [-0.2, -0.15) is 5.10 Å². The van der Waals surface area contributed by atoms with Crippen LogP contribution in [0.5, 0.6) is 0 Å². The van der Waals surface area contributed by atoms with E-state index in [2.05, 4.69) is 10.4 Å². The van der Waals surface area contributed by atoms with Crippen LogP contribution in [0.4, 0.5) is 11.5 Å². The lowest BCUT2D eigenvalue weighted by Gasteiger charge is -2.11. The first-order valence-electron chi connectivity index (χ1n) is 8.51. The molecule has 0 radical (unpaired) electrons. The summed E-state index contributed by atoms with van der Waals surface area (Å²) in [6.45, 7) is 1.98. The Kier molecular flexibility index (Phi) is 4.52. The fraction of sp³-hybridized carbons (Fsp3) is 0.158. The second kappa shape index (κ2) is 7.01. The monoisotopic (exact) mass is 396 g/mol. The number of nitrogens with one attached hydrogen (secondary N) is 1. The van der Waals surface area contributed by atoms with Crippen molar-refractivity contribution < 1.29 is 13.9 Å². The lowest BCUT2D eigenvalue weighted by atomic mass is 10.2. The highest BCUT2D eigenvalue weighted by molar-refractivity contribution is 7.83. The second-order valence-corrected chi connectivity index (χ2v) is 7.96. The van der Waals surface area contributed by atoms with Gasteiger partial charge in [0, 0.05) is 34.1 Å². The Morgan fingerprint density at radius 1 is 1.14 bits per heavy atom.